The van der Waals surface area contributed by atoms with E-state index in [-0.39, 0.29) is 5.91 Å². The summed E-state index contributed by atoms with van der Waals surface area (Å²) >= 11 is 1.09. The van der Waals surface area contributed by atoms with Gasteiger partial charge >= 0.3 is 5.97 Å². The number of nitrogens with one attached hydrogen (secondary N) is 1. The number of methoxy groups -OCH3 is 1. The van der Waals surface area contributed by atoms with E-state index in [9.17, 15) is 9.59 Å². The van der Waals surface area contributed by atoms with Gasteiger partial charge in [0.25, 0.3) is 0 Å². The van der Waals surface area contributed by atoms with Crippen LogP contribution in [0.25, 0.3) is 6.08 Å². The number of rotatable bonds is 6. The van der Waals surface area contributed by atoms with Crippen molar-refractivity contribution in [1.29, 1.82) is 0 Å². The Morgan fingerprint density at radius 2 is 2.08 bits per heavy atom. The number of esters is 1. The van der Waals surface area contributed by atoms with E-state index >= 15 is 0 Å². The van der Waals surface area contributed by atoms with Crippen LogP contribution in [-0.2, 0) is 9.53 Å². The summed E-state index contributed by atoms with van der Waals surface area (Å²) in [4.78, 5) is 28.5. The van der Waals surface area contributed by atoms with Crippen molar-refractivity contribution in [3.05, 3.63) is 46.0 Å². The normalized spacial score (nSPS) is 10.7. The molecule has 0 aliphatic rings. The topological polar surface area (TPSA) is 77.5 Å². The highest BCUT2D eigenvalue weighted by Crippen LogP contribution is 2.24. The van der Waals surface area contributed by atoms with Crippen molar-refractivity contribution in [3.63, 3.8) is 0 Å². The highest BCUT2D eigenvalue weighted by atomic mass is 32.1. The standard InChI is InChI=1S/C18H20N2O4S/c1-5-24-17(22)16-12(3)19-18(25-16)20-15(21)9-7-13-10-11(2)6-8-14(13)23-4/h6-10H,5H2,1-4H3,(H,19,20,21)/b9-7+. The van der Waals surface area contributed by atoms with Gasteiger partial charge in [0.15, 0.2) is 5.13 Å². The maximum Gasteiger partial charge on any atom is 0.350 e. The molecule has 2 aromatic rings. The highest BCUT2D eigenvalue weighted by molar-refractivity contribution is 7.17. The van der Waals surface area contributed by atoms with Gasteiger partial charge in [0, 0.05) is 11.6 Å². The second kappa shape index (κ2) is 8.43. The number of ether oxygens (including phenoxy) is 2. The lowest BCUT2D eigenvalue weighted by Gasteiger charge is -2.05. The van der Waals surface area contributed by atoms with Crippen molar-refractivity contribution < 1.29 is 19.1 Å². The Balaban J connectivity index is 2.09. The number of hydrogen-bond acceptors (Lipinski definition) is 6. The number of carbonyl (C=O) groups excluding carboxylic acids is 2. The van der Waals surface area contributed by atoms with Crippen molar-refractivity contribution in [1.82, 2.24) is 4.98 Å². The first-order valence-electron chi connectivity index (χ1n) is 7.72. The molecule has 0 aliphatic heterocycles. The number of aryl methyl sites for hydroxylation is 2. The lowest BCUT2D eigenvalue weighted by molar-refractivity contribution is -0.111. The molecule has 0 aliphatic carbocycles. The molecule has 0 saturated carbocycles. The Bertz CT molecular complexity index is 811. The zero-order chi connectivity index (χ0) is 18.4. The van der Waals surface area contributed by atoms with Gasteiger partial charge in [-0.3, -0.25) is 10.1 Å². The molecule has 0 bridgehead atoms. The predicted octanol–water partition coefficient (Wildman–Crippen LogP) is 3.60. The predicted molar refractivity (Wildman–Crippen MR) is 98.2 cm³/mol. The first-order valence-corrected chi connectivity index (χ1v) is 8.54. The molecule has 0 saturated heterocycles. The lowest BCUT2D eigenvalue weighted by Crippen LogP contribution is -2.07. The number of thiazole rings is 1. The monoisotopic (exact) mass is 360 g/mol. The SMILES string of the molecule is CCOC(=O)c1sc(NC(=O)/C=C/c2cc(C)ccc2OC)nc1C. The molecule has 132 valence electrons. The van der Waals surface area contributed by atoms with Gasteiger partial charge in [0.05, 0.1) is 19.4 Å². The summed E-state index contributed by atoms with van der Waals surface area (Å²) in [6.45, 7) is 5.69. The van der Waals surface area contributed by atoms with Gasteiger partial charge in [0.2, 0.25) is 5.91 Å². The summed E-state index contributed by atoms with van der Waals surface area (Å²) in [6.07, 6.45) is 3.08. The van der Waals surface area contributed by atoms with E-state index in [0.29, 0.717) is 28.1 Å². The fraction of sp³-hybridized carbons (Fsp3) is 0.278. The van der Waals surface area contributed by atoms with Gasteiger partial charge in [-0.25, -0.2) is 9.78 Å². The maximum absolute atomic E-state index is 12.1. The Morgan fingerprint density at radius 3 is 2.76 bits per heavy atom. The fourth-order valence-corrected chi connectivity index (χ4v) is 3.00. The second-order valence-electron chi connectivity index (χ2n) is 5.22. The summed E-state index contributed by atoms with van der Waals surface area (Å²) < 4.78 is 10.2. The Labute approximate surface area is 150 Å². The number of anilines is 1. The van der Waals surface area contributed by atoms with Crippen molar-refractivity contribution in [2.45, 2.75) is 20.8 Å². The minimum atomic E-state index is -0.432. The number of carbonyl (C=O) groups is 2. The van der Waals surface area contributed by atoms with E-state index < -0.39 is 5.97 Å². The Kier molecular flexibility index (Phi) is 6.30. The van der Waals surface area contributed by atoms with Gasteiger partial charge in [-0.05, 0) is 39.0 Å². The van der Waals surface area contributed by atoms with E-state index in [0.717, 1.165) is 22.5 Å². The summed E-state index contributed by atoms with van der Waals surface area (Å²) in [5.74, 6) is -0.0879. The molecule has 0 fully saturated rings. The van der Waals surface area contributed by atoms with E-state index in [1.807, 2.05) is 25.1 Å². The van der Waals surface area contributed by atoms with Gasteiger partial charge in [-0.2, -0.15) is 0 Å². The van der Waals surface area contributed by atoms with E-state index in [1.165, 1.54) is 6.08 Å². The molecule has 0 radical (unpaired) electrons. The summed E-state index contributed by atoms with van der Waals surface area (Å²) in [7, 11) is 1.58. The van der Waals surface area contributed by atoms with Gasteiger partial charge in [-0.1, -0.05) is 23.0 Å². The van der Waals surface area contributed by atoms with Crippen LogP contribution in [0, 0.1) is 13.8 Å². The molecule has 1 amide bonds. The van der Waals surface area contributed by atoms with E-state index in [4.69, 9.17) is 9.47 Å². The highest BCUT2D eigenvalue weighted by Gasteiger charge is 2.17. The van der Waals surface area contributed by atoms with Crippen LogP contribution >= 0.6 is 11.3 Å². The third-order valence-corrected chi connectivity index (χ3v) is 4.34. The van der Waals surface area contributed by atoms with Crippen LogP contribution in [0.15, 0.2) is 24.3 Å². The first kappa shape index (κ1) is 18.7. The lowest BCUT2D eigenvalue weighted by atomic mass is 10.1. The molecule has 1 aromatic carbocycles. The van der Waals surface area contributed by atoms with Crippen molar-refractivity contribution in [3.8, 4) is 5.75 Å². The summed E-state index contributed by atoms with van der Waals surface area (Å²) in [5.41, 5.74) is 2.40. The zero-order valence-corrected chi connectivity index (χ0v) is 15.4. The van der Waals surface area contributed by atoms with Crippen LogP contribution in [0.4, 0.5) is 5.13 Å². The summed E-state index contributed by atoms with van der Waals surface area (Å²) in [5, 5.41) is 3.01. The minimum absolute atomic E-state index is 0.291. The molecule has 0 atom stereocenters. The molecule has 2 rings (SSSR count). The Morgan fingerprint density at radius 1 is 1.32 bits per heavy atom. The van der Waals surface area contributed by atoms with E-state index in [2.05, 4.69) is 10.3 Å². The van der Waals surface area contributed by atoms with Crippen LogP contribution in [0.3, 0.4) is 0 Å². The van der Waals surface area contributed by atoms with Gasteiger partial charge in [0.1, 0.15) is 10.6 Å². The quantitative estimate of drug-likeness (QED) is 0.629. The number of amides is 1. The number of hydrogen-bond donors (Lipinski definition) is 1. The van der Waals surface area contributed by atoms with Gasteiger partial charge < -0.3 is 9.47 Å². The fourth-order valence-electron chi connectivity index (χ4n) is 2.13. The van der Waals surface area contributed by atoms with E-state index in [1.54, 1.807) is 27.0 Å². The molecule has 0 spiro atoms. The van der Waals surface area contributed by atoms with Crippen molar-refractivity contribution >= 4 is 34.4 Å². The largest absolute Gasteiger partial charge is 0.496 e. The molecule has 1 N–H and O–H groups in total. The number of benzene rings is 1. The smallest absolute Gasteiger partial charge is 0.350 e. The van der Waals surface area contributed by atoms with Crippen LogP contribution in [0.5, 0.6) is 5.75 Å². The molecular weight excluding hydrogens is 340 g/mol. The first-order chi connectivity index (χ1) is 11.9. The van der Waals surface area contributed by atoms with Crippen molar-refractivity contribution in [2.24, 2.45) is 0 Å². The van der Waals surface area contributed by atoms with Gasteiger partial charge in [-0.15, -0.1) is 0 Å². The maximum atomic E-state index is 12.1. The average Bonchev–Trinajstić information content (AvgIpc) is 2.93. The molecule has 0 unspecified atom stereocenters. The molecular formula is C18H20N2O4S. The van der Waals surface area contributed by atoms with Crippen LogP contribution in [0.2, 0.25) is 0 Å². The summed E-state index contributed by atoms with van der Waals surface area (Å²) in [6, 6.07) is 5.71. The third kappa shape index (κ3) is 4.90. The second-order valence-corrected chi connectivity index (χ2v) is 6.22. The Hall–Kier alpha value is -2.67. The van der Waals surface area contributed by atoms with Crippen LogP contribution in [-0.4, -0.2) is 30.6 Å². The molecule has 7 heteroatoms. The molecule has 25 heavy (non-hydrogen) atoms. The third-order valence-electron chi connectivity index (χ3n) is 3.29. The average molecular weight is 360 g/mol. The zero-order valence-electron chi connectivity index (χ0n) is 14.6. The minimum Gasteiger partial charge on any atom is -0.496 e. The van der Waals surface area contributed by atoms with Crippen LogP contribution in [0.1, 0.15) is 33.4 Å². The number of nitrogens with zero attached hydrogens (tertiary/aromatic N) is 1. The molecule has 1 heterocycles. The van der Waals surface area contributed by atoms with Crippen molar-refractivity contribution in [2.75, 3.05) is 19.0 Å². The number of aromatic nitrogens is 1. The van der Waals surface area contributed by atoms with Crippen LogP contribution < -0.4 is 10.1 Å². The molecule has 1 aromatic heterocycles. The molecule has 6 nitrogen and oxygen atoms in total.